The zero-order valence-corrected chi connectivity index (χ0v) is 13.2. The van der Waals surface area contributed by atoms with Gasteiger partial charge < -0.3 is 15.2 Å². The fourth-order valence-corrected chi connectivity index (χ4v) is 1.79. The Morgan fingerprint density at radius 1 is 1.10 bits per heavy atom. The van der Waals surface area contributed by atoms with Crippen LogP contribution in [0.5, 0.6) is 5.75 Å². The summed E-state index contributed by atoms with van der Waals surface area (Å²) in [4.78, 5) is 11.5. The van der Waals surface area contributed by atoms with Gasteiger partial charge in [0, 0.05) is 0 Å². The number of hydrogen-bond acceptors (Lipinski definition) is 4. The largest absolute Gasteiger partial charge is 0.486 e. The molecule has 1 aromatic rings. The molecule has 0 saturated carbocycles. The Morgan fingerprint density at radius 3 is 2.10 bits per heavy atom. The van der Waals surface area contributed by atoms with Crippen LogP contribution in [0.4, 0.5) is 0 Å². The van der Waals surface area contributed by atoms with E-state index in [4.69, 9.17) is 15.2 Å². The molecule has 0 bridgehead atoms. The molecule has 0 aromatic heterocycles. The summed E-state index contributed by atoms with van der Waals surface area (Å²) in [6.07, 6.45) is -0.552. The smallest absolute Gasteiger partial charge is 0.323 e. The quantitative estimate of drug-likeness (QED) is 0.821. The highest BCUT2D eigenvalue weighted by molar-refractivity contribution is 5.85. The summed E-state index contributed by atoms with van der Waals surface area (Å²) in [5.74, 6) is 0.579. The highest BCUT2D eigenvalue weighted by Crippen LogP contribution is 2.19. The average molecular weight is 302 g/mol. The molecule has 0 spiro atoms. The average Bonchev–Trinajstić information content (AvgIpc) is 2.36. The van der Waals surface area contributed by atoms with E-state index in [9.17, 15) is 4.79 Å². The van der Waals surface area contributed by atoms with Gasteiger partial charge in [-0.1, -0.05) is 32.0 Å². The van der Waals surface area contributed by atoms with E-state index in [1.807, 2.05) is 51.1 Å². The third kappa shape index (κ3) is 5.80. The molecule has 0 aliphatic rings. The maximum absolute atomic E-state index is 11.5. The van der Waals surface area contributed by atoms with E-state index in [1.165, 1.54) is 0 Å². The molecule has 0 heterocycles. The number of esters is 1. The summed E-state index contributed by atoms with van der Waals surface area (Å²) in [5.41, 5.74) is 5.50. The van der Waals surface area contributed by atoms with Gasteiger partial charge >= 0.3 is 5.97 Å². The van der Waals surface area contributed by atoms with E-state index >= 15 is 0 Å². The first kappa shape index (κ1) is 18.7. The first-order valence-electron chi connectivity index (χ1n) is 6.59. The lowest BCUT2D eigenvalue weighted by Crippen LogP contribution is -2.41. The molecule has 1 aromatic carbocycles. The molecular formula is C15H24ClNO3. The number of carbonyl (C=O) groups excluding carboxylic acids is 1. The second-order valence-corrected chi connectivity index (χ2v) is 5.07. The summed E-state index contributed by atoms with van der Waals surface area (Å²) >= 11 is 0. The number of rotatable bonds is 6. The van der Waals surface area contributed by atoms with Crippen LogP contribution in [0.3, 0.4) is 0 Å². The molecule has 20 heavy (non-hydrogen) atoms. The number of halogens is 1. The van der Waals surface area contributed by atoms with Crippen molar-refractivity contribution in [3.8, 4) is 5.75 Å². The molecule has 0 unspecified atom stereocenters. The second-order valence-electron chi connectivity index (χ2n) is 5.07. The van der Waals surface area contributed by atoms with Crippen molar-refractivity contribution < 1.29 is 14.3 Å². The fourth-order valence-electron chi connectivity index (χ4n) is 1.79. The first-order valence-corrected chi connectivity index (χ1v) is 6.59. The third-order valence-corrected chi connectivity index (χ3v) is 2.81. The van der Waals surface area contributed by atoms with Gasteiger partial charge in [0.1, 0.15) is 24.0 Å². The van der Waals surface area contributed by atoms with Crippen LogP contribution in [-0.4, -0.2) is 24.2 Å². The topological polar surface area (TPSA) is 61.5 Å². The van der Waals surface area contributed by atoms with Crippen molar-refractivity contribution in [1.82, 2.24) is 0 Å². The van der Waals surface area contributed by atoms with Crippen molar-refractivity contribution in [2.24, 2.45) is 11.7 Å². The molecule has 5 heteroatoms. The van der Waals surface area contributed by atoms with Crippen LogP contribution in [0.1, 0.15) is 27.7 Å². The van der Waals surface area contributed by atoms with Crippen LogP contribution in [0, 0.1) is 5.92 Å². The molecule has 0 radical (unpaired) electrons. The SMILES string of the molecule is CC(C)[C@@H](Oc1ccccc1)[C@@H](C)OC(=O)[C@@H](C)N.Cl. The zero-order valence-electron chi connectivity index (χ0n) is 12.4. The van der Waals surface area contributed by atoms with E-state index in [0.717, 1.165) is 5.75 Å². The van der Waals surface area contributed by atoms with Crippen molar-refractivity contribution in [3.05, 3.63) is 30.3 Å². The van der Waals surface area contributed by atoms with Gasteiger partial charge in [-0.25, -0.2) is 0 Å². The fraction of sp³-hybridized carbons (Fsp3) is 0.533. The molecule has 1 rings (SSSR count). The maximum Gasteiger partial charge on any atom is 0.323 e. The van der Waals surface area contributed by atoms with Gasteiger partial charge in [-0.3, -0.25) is 4.79 Å². The van der Waals surface area contributed by atoms with Crippen molar-refractivity contribution in [1.29, 1.82) is 0 Å². The van der Waals surface area contributed by atoms with Crippen LogP contribution >= 0.6 is 12.4 Å². The number of nitrogens with two attached hydrogens (primary N) is 1. The van der Waals surface area contributed by atoms with Gasteiger partial charge in [0.05, 0.1) is 0 Å². The van der Waals surface area contributed by atoms with Crippen LogP contribution < -0.4 is 10.5 Å². The monoisotopic (exact) mass is 301 g/mol. The van der Waals surface area contributed by atoms with E-state index in [2.05, 4.69) is 0 Å². The third-order valence-electron chi connectivity index (χ3n) is 2.81. The molecule has 4 nitrogen and oxygen atoms in total. The van der Waals surface area contributed by atoms with Crippen LogP contribution in [0.15, 0.2) is 30.3 Å². The minimum absolute atomic E-state index is 0. The van der Waals surface area contributed by atoms with Crippen molar-refractivity contribution in [2.45, 2.75) is 45.9 Å². The predicted octanol–water partition coefficient (Wildman–Crippen LogP) is 2.79. The van der Waals surface area contributed by atoms with E-state index in [-0.39, 0.29) is 30.5 Å². The van der Waals surface area contributed by atoms with Crippen LogP contribution in [-0.2, 0) is 9.53 Å². The minimum atomic E-state index is -0.619. The Hall–Kier alpha value is -1.26. The van der Waals surface area contributed by atoms with Gasteiger partial charge in [-0.2, -0.15) is 0 Å². The highest BCUT2D eigenvalue weighted by Gasteiger charge is 2.27. The zero-order chi connectivity index (χ0) is 14.4. The highest BCUT2D eigenvalue weighted by atomic mass is 35.5. The predicted molar refractivity (Wildman–Crippen MR) is 82.1 cm³/mol. The number of benzene rings is 1. The molecule has 0 aliphatic heterocycles. The van der Waals surface area contributed by atoms with Gasteiger partial charge in [0.15, 0.2) is 0 Å². The Labute approximate surface area is 127 Å². The number of para-hydroxylation sites is 1. The summed E-state index contributed by atoms with van der Waals surface area (Å²) in [5, 5.41) is 0. The Kier molecular flexibility index (Phi) is 8.26. The molecule has 3 atom stereocenters. The summed E-state index contributed by atoms with van der Waals surface area (Å²) < 4.78 is 11.2. The molecule has 0 fully saturated rings. The Balaban J connectivity index is 0.00000361. The Morgan fingerprint density at radius 2 is 1.65 bits per heavy atom. The van der Waals surface area contributed by atoms with Crippen molar-refractivity contribution in [2.75, 3.05) is 0 Å². The first-order chi connectivity index (χ1) is 8.91. The van der Waals surface area contributed by atoms with Crippen molar-refractivity contribution in [3.63, 3.8) is 0 Å². The number of carbonyl (C=O) groups is 1. The van der Waals surface area contributed by atoms with Crippen LogP contribution in [0.2, 0.25) is 0 Å². The van der Waals surface area contributed by atoms with E-state index in [1.54, 1.807) is 6.92 Å². The van der Waals surface area contributed by atoms with Gasteiger partial charge in [0.25, 0.3) is 0 Å². The standard InChI is InChI=1S/C15H23NO3.ClH/c1-10(2)14(12(4)18-15(17)11(3)16)19-13-8-6-5-7-9-13;/h5-12,14H,16H2,1-4H3;1H/t11-,12-,14-;/m1./s1. The molecule has 0 amide bonds. The summed E-state index contributed by atoms with van der Waals surface area (Å²) in [6, 6.07) is 8.89. The lowest BCUT2D eigenvalue weighted by molar-refractivity contribution is -0.155. The molecule has 2 N–H and O–H groups in total. The lowest BCUT2D eigenvalue weighted by Gasteiger charge is -2.28. The maximum atomic E-state index is 11.5. The minimum Gasteiger partial charge on any atom is -0.486 e. The van der Waals surface area contributed by atoms with Crippen molar-refractivity contribution >= 4 is 18.4 Å². The Bertz CT molecular complexity index is 395. The normalized spacial score (nSPS) is 14.9. The molecule has 114 valence electrons. The second kappa shape index (κ2) is 8.82. The van der Waals surface area contributed by atoms with Gasteiger partial charge in [0.2, 0.25) is 0 Å². The van der Waals surface area contributed by atoms with Gasteiger partial charge in [-0.05, 0) is 31.9 Å². The number of ether oxygens (including phenoxy) is 2. The molecule has 0 saturated heterocycles. The number of hydrogen-bond donors (Lipinski definition) is 1. The molecular weight excluding hydrogens is 278 g/mol. The van der Waals surface area contributed by atoms with E-state index < -0.39 is 12.0 Å². The van der Waals surface area contributed by atoms with Gasteiger partial charge in [-0.15, -0.1) is 12.4 Å². The van der Waals surface area contributed by atoms with E-state index in [0.29, 0.717) is 0 Å². The van der Waals surface area contributed by atoms with Crippen LogP contribution in [0.25, 0.3) is 0 Å². The summed E-state index contributed by atoms with van der Waals surface area (Å²) in [7, 11) is 0. The molecule has 0 aliphatic carbocycles. The summed E-state index contributed by atoms with van der Waals surface area (Å²) in [6.45, 7) is 7.50. The lowest BCUT2D eigenvalue weighted by atomic mass is 10.0.